The number of sulfonamides is 1. The number of anilines is 1. The van der Waals surface area contributed by atoms with Crippen molar-refractivity contribution in [2.24, 2.45) is 0 Å². The summed E-state index contributed by atoms with van der Waals surface area (Å²) in [6.07, 6.45) is 1.25. The van der Waals surface area contributed by atoms with Crippen LogP contribution in [0.5, 0.6) is 0 Å². The van der Waals surface area contributed by atoms with Gasteiger partial charge in [0.2, 0.25) is 15.9 Å². The van der Waals surface area contributed by atoms with Gasteiger partial charge >= 0.3 is 0 Å². The van der Waals surface area contributed by atoms with Gasteiger partial charge in [-0.1, -0.05) is 32.0 Å². The van der Waals surface area contributed by atoms with Crippen molar-refractivity contribution in [2.45, 2.75) is 31.8 Å². The second-order valence-electron chi connectivity index (χ2n) is 7.90. The van der Waals surface area contributed by atoms with Gasteiger partial charge < -0.3 is 19.1 Å². The Balaban J connectivity index is 1.76. The molecule has 0 N–H and O–H groups in total. The molecule has 2 aromatic rings. The molecule has 1 amide bonds. The van der Waals surface area contributed by atoms with Crippen molar-refractivity contribution < 1.29 is 17.9 Å². The van der Waals surface area contributed by atoms with E-state index in [9.17, 15) is 18.0 Å². The molecular weight excluding hydrogens is 444 g/mol. The van der Waals surface area contributed by atoms with E-state index in [1.54, 1.807) is 25.8 Å². The largest absolute Gasteiger partial charge is 0.378 e. The van der Waals surface area contributed by atoms with Crippen molar-refractivity contribution >= 4 is 21.6 Å². The molecule has 1 saturated heterocycles. The van der Waals surface area contributed by atoms with Crippen molar-refractivity contribution in [1.29, 1.82) is 0 Å². The van der Waals surface area contributed by atoms with Gasteiger partial charge in [-0.05, 0) is 17.7 Å². The number of pyridine rings is 1. The lowest BCUT2D eigenvalue weighted by Gasteiger charge is -2.31. The minimum absolute atomic E-state index is 0.00100. The zero-order chi connectivity index (χ0) is 24.0. The van der Waals surface area contributed by atoms with Crippen LogP contribution in [-0.2, 0) is 32.6 Å². The van der Waals surface area contributed by atoms with Crippen LogP contribution >= 0.6 is 0 Å². The summed E-state index contributed by atoms with van der Waals surface area (Å²) in [5.74, 6) is -0.286. The third-order valence-electron chi connectivity index (χ3n) is 5.78. The molecule has 0 unspecified atom stereocenters. The minimum atomic E-state index is -3.73. The first-order valence-electron chi connectivity index (χ1n) is 11.1. The van der Waals surface area contributed by atoms with E-state index in [0.29, 0.717) is 32.8 Å². The predicted octanol–water partition coefficient (Wildman–Crippen LogP) is 1.37. The molecule has 1 fully saturated rings. The normalized spacial score (nSPS) is 14.5. The smallest absolute Gasteiger partial charge is 0.251 e. The molecule has 1 aromatic heterocycles. The summed E-state index contributed by atoms with van der Waals surface area (Å²) in [5, 5.41) is 0. The van der Waals surface area contributed by atoms with Gasteiger partial charge in [0.1, 0.15) is 6.54 Å². The van der Waals surface area contributed by atoms with E-state index in [4.69, 9.17) is 4.74 Å². The van der Waals surface area contributed by atoms with E-state index in [2.05, 4.69) is 4.90 Å². The van der Waals surface area contributed by atoms with Crippen LogP contribution in [0.3, 0.4) is 0 Å². The maximum absolute atomic E-state index is 12.9. The van der Waals surface area contributed by atoms with Crippen LogP contribution in [0.4, 0.5) is 5.69 Å². The third kappa shape index (κ3) is 5.82. The second-order valence-corrected chi connectivity index (χ2v) is 9.84. The number of benzene rings is 1. The quantitative estimate of drug-likeness (QED) is 0.543. The Kier molecular flexibility index (Phi) is 8.28. The van der Waals surface area contributed by atoms with Crippen molar-refractivity contribution in [3.8, 4) is 0 Å². The summed E-state index contributed by atoms with van der Waals surface area (Å²) in [7, 11) is -2.05. The van der Waals surface area contributed by atoms with Gasteiger partial charge in [0.15, 0.2) is 0 Å². The van der Waals surface area contributed by atoms with Crippen LogP contribution in [0.15, 0.2) is 52.3 Å². The van der Waals surface area contributed by atoms with Crippen LogP contribution in [-0.4, -0.2) is 74.5 Å². The lowest BCUT2D eigenvalue weighted by atomic mass is 10.1. The topological polar surface area (TPSA) is 92.2 Å². The molecule has 0 saturated carbocycles. The van der Waals surface area contributed by atoms with E-state index >= 15 is 0 Å². The Morgan fingerprint density at radius 2 is 1.73 bits per heavy atom. The number of rotatable bonds is 9. The molecule has 0 radical (unpaired) electrons. The van der Waals surface area contributed by atoms with Gasteiger partial charge in [-0.15, -0.1) is 0 Å². The first kappa shape index (κ1) is 24.9. The lowest BCUT2D eigenvalue weighted by molar-refractivity contribution is -0.131. The summed E-state index contributed by atoms with van der Waals surface area (Å²) in [5.41, 5.74) is 1.63. The highest BCUT2D eigenvalue weighted by molar-refractivity contribution is 7.89. The van der Waals surface area contributed by atoms with E-state index in [1.165, 1.54) is 22.6 Å². The fraction of sp³-hybridized carbons (Fsp3) is 0.478. The number of nitrogens with zero attached hydrogens (tertiary/aromatic N) is 4. The Hall–Kier alpha value is -2.69. The first-order chi connectivity index (χ1) is 15.8. The summed E-state index contributed by atoms with van der Waals surface area (Å²) < 4.78 is 33.5. The molecule has 3 rings (SSSR count). The molecule has 1 aliphatic rings. The Labute approximate surface area is 195 Å². The van der Waals surface area contributed by atoms with E-state index in [0.717, 1.165) is 28.9 Å². The highest BCUT2D eigenvalue weighted by Crippen LogP contribution is 2.23. The van der Waals surface area contributed by atoms with Gasteiger partial charge in [0.05, 0.1) is 18.1 Å². The molecule has 33 heavy (non-hydrogen) atoms. The third-order valence-corrected chi connectivity index (χ3v) is 7.82. The Morgan fingerprint density at radius 3 is 2.39 bits per heavy atom. The number of carbonyl (C=O) groups is 1. The highest BCUT2D eigenvalue weighted by Gasteiger charge is 2.23. The average molecular weight is 477 g/mol. The van der Waals surface area contributed by atoms with Crippen LogP contribution < -0.4 is 10.5 Å². The molecular formula is C23H32N4O5S. The number of para-hydroxylation sites is 1. The summed E-state index contributed by atoms with van der Waals surface area (Å²) in [4.78, 5) is 29.1. The van der Waals surface area contributed by atoms with Gasteiger partial charge in [-0.2, -0.15) is 4.31 Å². The van der Waals surface area contributed by atoms with Crippen LogP contribution in [0.1, 0.15) is 19.4 Å². The SMILES string of the molecule is CCN(CC)S(=O)(=O)c1ccc(=O)n(CC(=O)N(C)Cc2ccccc2N2CCOCC2)c1. The molecule has 1 aromatic carbocycles. The van der Waals surface area contributed by atoms with Crippen molar-refractivity contribution in [1.82, 2.24) is 13.8 Å². The fourth-order valence-electron chi connectivity index (χ4n) is 3.87. The molecule has 9 nitrogen and oxygen atoms in total. The number of likely N-dealkylation sites (N-methyl/N-ethyl adjacent to an activating group) is 1. The molecule has 2 heterocycles. The van der Waals surface area contributed by atoms with E-state index < -0.39 is 15.6 Å². The molecule has 0 spiro atoms. The van der Waals surface area contributed by atoms with Crippen molar-refractivity contribution in [2.75, 3.05) is 51.3 Å². The van der Waals surface area contributed by atoms with Crippen LogP contribution in [0.25, 0.3) is 0 Å². The number of hydrogen-bond acceptors (Lipinski definition) is 6. The standard InChI is InChI=1S/C23H32N4O5S/c1-4-27(5-2)33(30,31)20-10-11-22(28)26(17-20)18-23(29)24(3)16-19-8-6-7-9-21(19)25-12-14-32-15-13-25/h6-11,17H,4-5,12-16,18H2,1-3H3. The maximum Gasteiger partial charge on any atom is 0.251 e. The highest BCUT2D eigenvalue weighted by atomic mass is 32.2. The number of aromatic nitrogens is 1. The van der Waals surface area contributed by atoms with Crippen molar-refractivity contribution in [3.63, 3.8) is 0 Å². The van der Waals surface area contributed by atoms with Crippen LogP contribution in [0.2, 0.25) is 0 Å². The van der Waals surface area contributed by atoms with Crippen LogP contribution in [0, 0.1) is 0 Å². The average Bonchev–Trinajstić information content (AvgIpc) is 2.81. The molecule has 180 valence electrons. The van der Waals surface area contributed by atoms with Gasteiger partial charge in [0.25, 0.3) is 5.56 Å². The van der Waals surface area contributed by atoms with E-state index in [-0.39, 0.29) is 17.3 Å². The molecule has 1 aliphatic heterocycles. The molecule has 0 atom stereocenters. The number of amides is 1. The van der Waals surface area contributed by atoms with Gasteiger partial charge in [-0.3, -0.25) is 9.59 Å². The predicted molar refractivity (Wildman–Crippen MR) is 127 cm³/mol. The summed E-state index contributed by atoms with van der Waals surface area (Å²) >= 11 is 0. The summed E-state index contributed by atoms with van der Waals surface area (Å²) in [6.45, 7) is 7.20. The Morgan fingerprint density at radius 1 is 1.06 bits per heavy atom. The molecule has 0 bridgehead atoms. The van der Waals surface area contributed by atoms with Gasteiger partial charge in [-0.25, -0.2) is 8.42 Å². The number of carbonyl (C=O) groups excluding carboxylic acids is 1. The van der Waals surface area contributed by atoms with Gasteiger partial charge in [0, 0.05) is 57.7 Å². The van der Waals surface area contributed by atoms with E-state index in [1.807, 2.05) is 24.3 Å². The van der Waals surface area contributed by atoms with Crippen molar-refractivity contribution in [3.05, 3.63) is 58.5 Å². The monoisotopic (exact) mass is 476 g/mol. The Bertz CT molecular complexity index is 1120. The zero-order valence-electron chi connectivity index (χ0n) is 19.4. The fourth-order valence-corrected chi connectivity index (χ4v) is 5.34. The number of morpholine rings is 1. The first-order valence-corrected chi connectivity index (χ1v) is 12.6. The number of hydrogen-bond donors (Lipinski definition) is 0. The summed E-state index contributed by atoms with van der Waals surface area (Å²) in [6, 6.07) is 10.4. The molecule has 10 heteroatoms. The maximum atomic E-state index is 12.9. The lowest BCUT2D eigenvalue weighted by Crippen LogP contribution is -2.38. The minimum Gasteiger partial charge on any atom is -0.378 e. The zero-order valence-corrected chi connectivity index (χ0v) is 20.3. The second kappa shape index (κ2) is 11.0. The number of ether oxygens (including phenoxy) is 1. The molecule has 0 aliphatic carbocycles.